The number of hydrogen-bond acceptors (Lipinski definition) is 4. The van der Waals surface area contributed by atoms with Crippen molar-refractivity contribution in [2.24, 2.45) is 0 Å². The third-order valence-electron chi connectivity index (χ3n) is 5.64. The molecule has 3 rings (SSSR count). The maximum absolute atomic E-state index is 13.6. The van der Waals surface area contributed by atoms with Gasteiger partial charge in [-0.25, -0.2) is 8.42 Å². The number of rotatable bonds is 10. The lowest BCUT2D eigenvalue weighted by atomic mass is 10.0. The quantitative estimate of drug-likeness (QED) is 0.415. The van der Waals surface area contributed by atoms with Crippen LogP contribution in [0.1, 0.15) is 11.1 Å². The van der Waals surface area contributed by atoms with Crippen LogP contribution in [-0.2, 0) is 32.6 Å². The van der Waals surface area contributed by atoms with Gasteiger partial charge in [-0.2, -0.15) is 4.31 Å². The van der Waals surface area contributed by atoms with Gasteiger partial charge in [0.25, 0.3) is 0 Å². The van der Waals surface area contributed by atoms with E-state index in [9.17, 15) is 18.0 Å². The van der Waals surface area contributed by atoms with E-state index in [-0.39, 0.29) is 23.8 Å². The maximum atomic E-state index is 13.6. The van der Waals surface area contributed by atoms with E-state index < -0.39 is 28.5 Å². The summed E-state index contributed by atoms with van der Waals surface area (Å²) in [6.45, 7) is -0.396. The summed E-state index contributed by atoms with van der Waals surface area (Å²) < 4.78 is 27.1. The van der Waals surface area contributed by atoms with Crippen molar-refractivity contribution < 1.29 is 18.0 Å². The Bertz CT molecular complexity index is 1300. The zero-order valence-electron chi connectivity index (χ0n) is 19.9. The first-order valence-electron chi connectivity index (χ1n) is 11.1. The van der Waals surface area contributed by atoms with Crippen LogP contribution >= 0.6 is 23.2 Å². The van der Waals surface area contributed by atoms with Crippen LogP contribution < -0.4 is 5.32 Å². The van der Waals surface area contributed by atoms with Gasteiger partial charge in [0.15, 0.2) is 0 Å². The molecule has 190 valence electrons. The van der Waals surface area contributed by atoms with Crippen LogP contribution in [0.4, 0.5) is 0 Å². The largest absolute Gasteiger partial charge is 0.357 e. The van der Waals surface area contributed by atoms with E-state index in [1.54, 1.807) is 24.3 Å². The Labute approximate surface area is 221 Å². The Morgan fingerprint density at radius 3 is 2.14 bits per heavy atom. The average molecular weight is 548 g/mol. The average Bonchev–Trinajstić information content (AvgIpc) is 2.86. The van der Waals surface area contributed by atoms with Crippen molar-refractivity contribution in [3.05, 3.63) is 100 Å². The Balaban J connectivity index is 1.94. The van der Waals surface area contributed by atoms with E-state index in [0.29, 0.717) is 15.6 Å². The third kappa shape index (κ3) is 7.07. The van der Waals surface area contributed by atoms with Gasteiger partial charge in [-0.15, -0.1) is 0 Å². The van der Waals surface area contributed by atoms with Crippen molar-refractivity contribution in [1.29, 1.82) is 0 Å². The number of nitrogens with zero attached hydrogens (tertiary/aromatic N) is 2. The summed E-state index contributed by atoms with van der Waals surface area (Å²) in [4.78, 5) is 28.0. The third-order valence-corrected chi connectivity index (χ3v) is 7.94. The predicted octanol–water partition coefficient (Wildman–Crippen LogP) is 4.00. The molecule has 0 saturated heterocycles. The number of amides is 2. The van der Waals surface area contributed by atoms with Gasteiger partial charge in [-0.1, -0.05) is 65.7 Å². The molecule has 0 spiro atoms. The monoisotopic (exact) mass is 547 g/mol. The van der Waals surface area contributed by atoms with E-state index >= 15 is 0 Å². The Morgan fingerprint density at radius 1 is 0.889 bits per heavy atom. The zero-order valence-corrected chi connectivity index (χ0v) is 22.2. The van der Waals surface area contributed by atoms with Gasteiger partial charge in [-0.3, -0.25) is 9.59 Å². The second-order valence-corrected chi connectivity index (χ2v) is 11.1. The van der Waals surface area contributed by atoms with Crippen LogP contribution in [0.2, 0.25) is 10.0 Å². The summed E-state index contributed by atoms with van der Waals surface area (Å²) in [6, 6.07) is 21.1. The minimum absolute atomic E-state index is 0.00993. The highest BCUT2D eigenvalue weighted by Gasteiger charge is 2.32. The van der Waals surface area contributed by atoms with Crippen molar-refractivity contribution in [1.82, 2.24) is 14.5 Å². The molecule has 2 amide bonds. The van der Waals surface area contributed by atoms with Crippen LogP contribution in [0.3, 0.4) is 0 Å². The maximum Gasteiger partial charge on any atom is 0.243 e. The van der Waals surface area contributed by atoms with Crippen LogP contribution in [0.5, 0.6) is 0 Å². The summed E-state index contributed by atoms with van der Waals surface area (Å²) >= 11 is 12.0. The molecule has 0 aliphatic carbocycles. The molecule has 7 nitrogen and oxygen atoms in total. The highest BCUT2D eigenvalue weighted by molar-refractivity contribution is 7.89. The molecule has 36 heavy (non-hydrogen) atoms. The fourth-order valence-corrected chi connectivity index (χ4v) is 5.16. The molecule has 0 fully saturated rings. The van der Waals surface area contributed by atoms with Crippen LogP contribution in [0.15, 0.2) is 83.8 Å². The molecule has 1 unspecified atom stereocenters. The number of hydrogen-bond donors (Lipinski definition) is 1. The first-order chi connectivity index (χ1) is 17.1. The van der Waals surface area contributed by atoms with Crippen molar-refractivity contribution in [3.63, 3.8) is 0 Å². The highest BCUT2D eigenvalue weighted by atomic mass is 35.5. The Kier molecular flexibility index (Phi) is 9.50. The normalized spacial score (nSPS) is 12.2. The number of halogens is 2. The SMILES string of the molecule is CNC(=O)C(Cc1ccccc1)N(Cc1cccc(Cl)c1)C(=O)CN(C)S(=O)(=O)c1ccc(Cl)cc1. The molecule has 3 aromatic carbocycles. The second kappa shape index (κ2) is 12.4. The van der Waals surface area contributed by atoms with Gasteiger partial charge >= 0.3 is 0 Å². The number of carbonyl (C=O) groups excluding carboxylic acids is 2. The fraction of sp³-hybridized carbons (Fsp3) is 0.231. The van der Waals surface area contributed by atoms with E-state index in [1.807, 2.05) is 30.3 Å². The summed E-state index contributed by atoms with van der Waals surface area (Å²) in [5, 5.41) is 3.52. The van der Waals surface area contributed by atoms with Gasteiger partial charge in [-0.05, 0) is 47.5 Å². The first-order valence-corrected chi connectivity index (χ1v) is 13.3. The number of benzene rings is 3. The molecule has 0 heterocycles. The van der Waals surface area contributed by atoms with E-state index in [2.05, 4.69) is 5.32 Å². The van der Waals surface area contributed by atoms with Crippen LogP contribution in [0, 0.1) is 0 Å². The minimum atomic E-state index is -3.97. The predicted molar refractivity (Wildman–Crippen MR) is 141 cm³/mol. The van der Waals surface area contributed by atoms with Gasteiger partial charge in [0.1, 0.15) is 6.04 Å². The molecule has 0 saturated carbocycles. The lowest BCUT2D eigenvalue weighted by Gasteiger charge is -2.32. The number of sulfonamides is 1. The van der Waals surface area contributed by atoms with Gasteiger partial charge in [0.05, 0.1) is 11.4 Å². The Hall–Kier alpha value is -2.91. The number of nitrogens with one attached hydrogen (secondary N) is 1. The van der Waals surface area contributed by atoms with Crippen molar-refractivity contribution in [2.45, 2.75) is 23.9 Å². The lowest BCUT2D eigenvalue weighted by Crippen LogP contribution is -2.52. The zero-order chi connectivity index (χ0) is 26.3. The number of carbonyl (C=O) groups is 2. The van der Waals surface area contributed by atoms with Crippen molar-refractivity contribution >= 4 is 45.0 Å². The smallest absolute Gasteiger partial charge is 0.243 e. The van der Waals surface area contributed by atoms with Crippen molar-refractivity contribution in [3.8, 4) is 0 Å². The van der Waals surface area contributed by atoms with E-state index in [4.69, 9.17) is 23.2 Å². The van der Waals surface area contributed by atoms with E-state index in [0.717, 1.165) is 9.87 Å². The van der Waals surface area contributed by atoms with Crippen LogP contribution in [0.25, 0.3) is 0 Å². The highest BCUT2D eigenvalue weighted by Crippen LogP contribution is 2.20. The standard InChI is InChI=1S/C26H27Cl2N3O4S/c1-29-26(33)24(16-19-7-4-3-5-8-19)31(17-20-9-6-10-22(28)15-20)25(32)18-30(2)36(34,35)23-13-11-21(27)12-14-23/h3-15,24H,16-18H2,1-2H3,(H,29,33). The molecule has 3 aromatic rings. The molecule has 10 heteroatoms. The molecule has 0 bridgehead atoms. The molecule has 0 aliphatic rings. The van der Waals surface area contributed by atoms with E-state index in [1.165, 1.54) is 43.3 Å². The minimum Gasteiger partial charge on any atom is -0.357 e. The second-order valence-electron chi connectivity index (χ2n) is 8.19. The molecular formula is C26H27Cl2N3O4S. The van der Waals surface area contributed by atoms with Gasteiger partial charge in [0.2, 0.25) is 21.8 Å². The van der Waals surface area contributed by atoms with Crippen LogP contribution in [-0.4, -0.2) is 56.1 Å². The molecule has 1 N–H and O–H groups in total. The summed E-state index contributed by atoms with van der Waals surface area (Å²) in [5.41, 5.74) is 1.57. The summed E-state index contributed by atoms with van der Waals surface area (Å²) in [6.07, 6.45) is 0.250. The molecule has 1 atom stereocenters. The first kappa shape index (κ1) is 27.7. The van der Waals surface area contributed by atoms with Crippen molar-refractivity contribution in [2.75, 3.05) is 20.6 Å². The molecule has 0 radical (unpaired) electrons. The summed E-state index contributed by atoms with van der Waals surface area (Å²) in [7, 11) is -1.14. The van der Waals surface area contributed by atoms with Gasteiger partial charge < -0.3 is 10.2 Å². The summed E-state index contributed by atoms with van der Waals surface area (Å²) in [5.74, 6) is -0.892. The Morgan fingerprint density at radius 2 is 1.53 bits per heavy atom. The lowest BCUT2D eigenvalue weighted by molar-refractivity contribution is -0.141. The molecule has 0 aromatic heterocycles. The topological polar surface area (TPSA) is 86.8 Å². The molecule has 0 aliphatic heterocycles. The fourth-order valence-electron chi connectivity index (χ4n) is 3.71. The van der Waals surface area contributed by atoms with Gasteiger partial charge in [0, 0.05) is 37.1 Å². The molecular weight excluding hydrogens is 521 g/mol. The number of likely N-dealkylation sites (N-methyl/N-ethyl adjacent to an activating group) is 2.